The molecule has 0 radical (unpaired) electrons. The fraction of sp³-hybridized carbons (Fsp3) is 0.833. The highest BCUT2D eigenvalue weighted by Gasteiger charge is 2.18. The quantitative estimate of drug-likeness (QED) is 0.746. The van der Waals surface area contributed by atoms with Crippen molar-refractivity contribution in [1.82, 2.24) is 10.6 Å². The van der Waals surface area contributed by atoms with E-state index in [-0.39, 0.29) is 18.4 Å². The lowest BCUT2D eigenvalue weighted by Crippen LogP contribution is -2.36. The number of hydrogen-bond acceptors (Lipinski definition) is 5. The highest BCUT2D eigenvalue weighted by molar-refractivity contribution is 5.73. The van der Waals surface area contributed by atoms with Crippen LogP contribution in [0.3, 0.4) is 0 Å². The van der Waals surface area contributed by atoms with E-state index < -0.39 is 11.7 Å². The van der Waals surface area contributed by atoms with Gasteiger partial charge >= 0.3 is 12.1 Å². The highest BCUT2D eigenvalue weighted by Crippen LogP contribution is 2.06. The molecule has 0 aromatic heterocycles. The summed E-state index contributed by atoms with van der Waals surface area (Å²) < 4.78 is 9.51. The summed E-state index contributed by atoms with van der Waals surface area (Å²) in [7, 11) is 5.06. The molecule has 0 saturated heterocycles. The van der Waals surface area contributed by atoms with Crippen LogP contribution in [0.1, 0.15) is 27.7 Å². The van der Waals surface area contributed by atoms with Gasteiger partial charge in [0, 0.05) is 6.54 Å². The topological polar surface area (TPSA) is 76.7 Å². The van der Waals surface area contributed by atoms with Crippen LogP contribution in [0, 0.1) is 5.92 Å². The number of methoxy groups -OCH3 is 1. The van der Waals surface area contributed by atoms with Crippen molar-refractivity contribution in [3.8, 4) is 0 Å². The van der Waals surface area contributed by atoms with Gasteiger partial charge in [-0.25, -0.2) is 4.79 Å². The van der Waals surface area contributed by atoms with Crippen LogP contribution in [0.15, 0.2) is 0 Å². The van der Waals surface area contributed by atoms with Crippen molar-refractivity contribution < 1.29 is 19.1 Å². The number of amides is 1. The molecule has 0 fully saturated rings. The number of ether oxygens (including phenoxy) is 2. The molecular weight excluding hydrogens is 236 g/mol. The first-order valence-electron chi connectivity index (χ1n) is 5.81. The summed E-state index contributed by atoms with van der Waals surface area (Å²) in [6, 6.07) is 0. The molecule has 0 bridgehead atoms. The van der Waals surface area contributed by atoms with Gasteiger partial charge < -0.3 is 20.1 Å². The van der Waals surface area contributed by atoms with E-state index in [4.69, 9.17) is 4.74 Å². The first-order chi connectivity index (χ1) is 8.17. The van der Waals surface area contributed by atoms with Crippen LogP contribution >= 0.6 is 0 Å². The van der Waals surface area contributed by atoms with Crippen LogP contribution in [-0.2, 0) is 14.3 Å². The summed E-state index contributed by atoms with van der Waals surface area (Å²) >= 11 is 0. The highest BCUT2D eigenvalue weighted by atomic mass is 16.6. The van der Waals surface area contributed by atoms with E-state index in [1.165, 1.54) is 7.11 Å². The molecule has 0 aromatic carbocycles. The zero-order chi connectivity index (χ0) is 14.8. The first-order valence-corrected chi connectivity index (χ1v) is 5.81. The van der Waals surface area contributed by atoms with Crippen molar-refractivity contribution in [3.05, 3.63) is 0 Å². The number of carbonyl (C=O) groups is 2. The van der Waals surface area contributed by atoms with Crippen molar-refractivity contribution in [2.75, 3.05) is 27.7 Å². The molecule has 0 spiro atoms. The minimum Gasteiger partial charge on any atom is -0.469 e. The van der Waals surface area contributed by atoms with Gasteiger partial charge in [0.15, 0.2) is 0 Å². The number of alkyl carbamates (subject to hydrolysis) is 1. The average Bonchev–Trinajstić information content (AvgIpc) is 2.23. The van der Waals surface area contributed by atoms with Crippen LogP contribution in [0.2, 0.25) is 0 Å². The summed E-state index contributed by atoms with van der Waals surface area (Å²) in [6.45, 7) is 7.20. The molecular formula is C12H26N2O4. The Morgan fingerprint density at radius 3 is 2.00 bits per heavy atom. The molecule has 1 amide bonds. The molecule has 108 valence electrons. The van der Waals surface area contributed by atoms with E-state index in [2.05, 4.69) is 15.4 Å². The number of carbonyl (C=O) groups excluding carboxylic acids is 2. The predicted molar refractivity (Wildman–Crippen MR) is 70.4 cm³/mol. The molecule has 0 rings (SSSR count). The Morgan fingerprint density at radius 2 is 1.67 bits per heavy atom. The third-order valence-corrected chi connectivity index (χ3v) is 1.56. The molecule has 18 heavy (non-hydrogen) atoms. The maximum atomic E-state index is 11.2. The van der Waals surface area contributed by atoms with Crippen molar-refractivity contribution >= 4 is 12.1 Å². The van der Waals surface area contributed by atoms with Gasteiger partial charge in [-0.15, -0.1) is 0 Å². The molecule has 6 nitrogen and oxygen atoms in total. The maximum absolute atomic E-state index is 11.2. The van der Waals surface area contributed by atoms with Crippen LogP contribution in [0.4, 0.5) is 4.79 Å². The molecule has 0 aliphatic rings. The SMILES string of the molecule is CNC.COC(=O)C(C)CNC(=O)OC(C)(C)C. The monoisotopic (exact) mass is 262 g/mol. The zero-order valence-corrected chi connectivity index (χ0v) is 12.4. The second-order valence-corrected chi connectivity index (χ2v) is 4.81. The molecule has 0 aliphatic carbocycles. The van der Waals surface area contributed by atoms with E-state index in [0.29, 0.717) is 0 Å². The van der Waals surface area contributed by atoms with Crippen LogP contribution in [0.5, 0.6) is 0 Å². The maximum Gasteiger partial charge on any atom is 0.407 e. The molecule has 1 unspecified atom stereocenters. The van der Waals surface area contributed by atoms with Crippen LogP contribution in [-0.4, -0.2) is 45.4 Å². The fourth-order valence-electron chi connectivity index (χ4n) is 0.835. The average molecular weight is 262 g/mol. The second kappa shape index (κ2) is 9.70. The van der Waals surface area contributed by atoms with Gasteiger partial charge in [0.1, 0.15) is 5.60 Å². The molecule has 2 N–H and O–H groups in total. The van der Waals surface area contributed by atoms with Gasteiger partial charge in [-0.3, -0.25) is 4.79 Å². The molecule has 0 aliphatic heterocycles. The second-order valence-electron chi connectivity index (χ2n) is 4.81. The summed E-state index contributed by atoms with van der Waals surface area (Å²) in [4.78, 5) is 22.2. The molecule has 0 saturated carbocycles. The van der Waals surface area contributed by atoms with E-state index in [9.17, 15) is 9.59 Å². The first kappa shape index (κ1) is 19.0. The number of nitrogens with one attached hydrogen (secondary N) is 2. The third-order valence-electron chi connectivity index (χ3n) is 1.56. The normalized spacial score (nSPS) is 11.7. The summed E-state index contributed by atoms with van der Waals surface area (Å²) in [5, 5.41) is 5.24. The smallest absolute Gasteiger partial charge is 0.407 e. The number of rotatable bonds is 3. The summed E-state index contributed by atoms with van der Waals surface area (Å²) in [6.07, 6.45) is -0.529. The zero-order valence-electron chi connectivity index (χ0n) is 12.4. The summed E-state index contributed by atoms with van der Waals surface area (Å²) in [5.74, 6) is -0.728. The number of hydrogen-bond donors (Lipinski definition) is 2. The molecule has 0 heterocycles. The van der Waals surface area contributed by atoms with E-state index in [1.54, 1.807) is 27.7 Å². The van der Waals surface area contributed by atoms with E-state index >= 15 is 0 Å². The minimum atomic E-state index is -0.529. The Kier molecular flexibility index (Phi) is 10.3. The van der Waals surface area contributed by atoms with Crippen LogP contribution < -0.4 is 10.6 Å². The van der Waals surface area contributed by atoms with Crippen molar-refractivity contribution in [3.63, 3.8) is 0 Å². The van der Waals surface area contributed by atoms with Crippen molar-refractivity contribution in [2.45, 2.75) is 33.3 Å². The Labute approximate surface area is 109 Å². The molecule has 0 aromatic rings. The Hall–Kier alpha value is -1.30. The Bertz CT molecular complexity index is 249. The van der Waals surface area contributed by atoms with Crippen molar-refractivity contribution in [2.24, 2.45) is 5.92 Å². The fourth-order valence-corrected chi connectivity index (χ4v) is 0.835. The van der Waals surface area contributed by atoms with Gasteiger partial charge in [-0.2, -0.15) is 0 Å². The Morgan fingerprint density at radius 1 is 1.22 bits per heavy atom. The van der Waals surface area contributed by atoms with Crippen molar-refractivity contribution in [1.29, 1.82) is 0 Å². The molecule has 1 atom stereocenters. The lowest BCUT2D eigenvalue weighted by molar-refractivity contribution is -0.144. The van der Waals surface area contributed by atoms with Crippen LogP contribution in [0.25, 0.3) is 0 Å². The Balaban J connectivity index is 0. The standard InChI is InChI=1S/C10H19NO4.C2H7N/c1-7(8(12)14-5)6-11-9(13)15-10(2,3)4;1-3-2/h7H,6H2,1-5H3,(H,11,13);3H,1-2H3. The van der Waals surface area contributed by atoms with Gasteiger partial charge in [-0.1, -0.05) is 6.92 Å². The van der Waals surface area contributed by atoms with Gasteiger partial charge in [-0.05, 0) is 34.9 Å². The third kappa shape index (κ3) is 12.8. The van der Waals surface area contributed by atoms with Gasteiger partial charge in [0.2, 0.25) is 0 Å². The summed E-state index contributed by atoms with van der Waals surface area (Å²) in [5.41, 5.74) is -0.529. The number of esters is 1. The minimum absolute atomic E-state index is 0.210. The van der Waals surface area contributed by atoms with E-state index in [0.717, 1.165) is 0 Å². The van der Waals surface area contributed by atoms with Gasteiger partial charge in [0.25, 0.3) is 0 Å². The predicted octanol–water partition coefficient (Wildman–Crippen LogP) is 1.16. The van der Waals surface area contributed by atoms with E-state index in [1.807, 2.05) is 14.1 Å². The largest absolute Gasteiger partial charge is 0.469 e. The molecule has 6 heteroatoms. The lowest BCUT2D eigenvalue weighted by atomic mass is 10.2. The van der Waals surface area contributed by atoms with Gasteiger partial charge in [0.05, 0.1) is 13.0 Å². The lowest BCUT2D eigenvalue weighted by Gasteiger charge is -2.20.